The number of Topliss-reactive ketones (excluding diaryl/α,β-unsaturated/α-hetero) is 1. The number of anilines is 2. The van der Waals surface area contributed by atoms with Gasteiger partial charge in [0.1, 0.15) is 17.9 Å². The number of benzene rings is 5. The van der Waals surface area contributed by atoms with E-state index in [1.54, 1.807) is 11.3 Å². The number of aryl methyl sites for hydroxylation is 2. The van der Waals surface area contributed by atoms with Gasteiger partial charge in [0.15, 0.2) is 0 Å². The van der Waals surface area contributed by atoms with Crippen LogP contribution in [-0.2, 0) is 30.5 Å². The number of ether oxygens (including phenoxy) is 1. The number of hydrogen-bond acceptors (Lipinski definition) is 14. The number of carbonyl (C=O) groups is 5. The number of thioether (sulfide) groups is 1. The number of nitrogens with zero attached hydrogens (tertiary/aromatic N) is 5. The second-order valence-electron chi connectivity index (χ2n) is 28.2. The molecule has 16 nitrogen and oxygen atoms in total. The molecular formula is C77H98ClN9O7S2. The molecule has 0 saturated carbocycles. The maximum atomic E-state index is 14.4. The summed E-state index contributed by atoms with van der Waals surface area (Å²) in [5, 5.41) is 24.6. The summed E-state index contributed by atoms with van der Waals surface area (Å²) < 4.78 is 5.59. The van der Waals surface area contributed by atoms with Crippen molar-refractivity contribution in [2.45, 2.75) is 154 Å². The van der Waals surface area contributed by atoms with Crippen LogP contribution >= 0.6 is 34.7 Å². The number of amides is 4. The summed E-state index contributed by atoms with van der Waals surface area (Å²) in [6.45, 7) is 23.2. The van der Waals surface area contributed by atoms with E-state index >= 15 is 0 Å². The smallest absolute Gasteiger partial charge is 0.251 e. The zero-order chi connectivity index (χ0) is 67.9. The molecule has 0 bridgehead atoms. The van der Waals surface area contributed by atoms with Crippen molar-refractivity contribution in [3.8, 4) is 10.4 Å². The number of β-amino-alcohol motifs (C(OH)–C–C–N with tert-alkyl or cyclic N) is 1. The number of rotatable bonds is 28. The molecule has 1 unspecified atom stereocenters. The number of hydrogen-bond donors (Lipinski definition) is 5. The second kappa shape index (κ2) is 33.6. The van der Waals surface area contributed by atoms with Gasteiger partial charge in [-0.05, 0) is 158 Å². The standard InChI is InChI=1S/C77H98ClN9O7S2/c1-52-44-55(16-29-68(52)82-62(32-35-84-40-42-94-43-41-84)50-95-66-13-9-8-10-14-66)47-79-73(91)59-23-27-63(28-24-59)86-38-36-85(37-39-86)48-60-46-77(7,34-31-67(60)57-21-25-61(78)26-22-57)33-30-64(88)12-11-15-70(90)83-72(76(4,5)6)75(93)87-49-65(89)45-69(87)74(92)81-53(2)56-17-19-58(20-18-56)71-54(3)80-51-96-71/h8-10,13-14,16-29,44,51,53,62,65,69,72,82,89H,11-12,15,30-43,45-50H2,1-7H3,(H,79,91)(H,81,92)(H,83,90)/t53-,62+,65+,69-,72+,77?/m0/s1. The van der Waals surface area contributed by atoms with Crippen molar-refractivity contribution in [3.63, 3.8) is 0 Å². The lowest BCUT2D eigenvalue weighted by Crippen LogP contribution is -2.57. The molecule has 4 aliphatic rings. The Kier molecular flexibility index (Phi) is 25.1. The Morgan fingerprint density at radius 3 is 2.24 bits per heavy atom. The average molecular weight is 1360 g/mol. The molecule has 0 radical (unpaired) electrons. The predicted octanol–water partition coefficient (Wildman–Crippen LogP) is 13.0. The summed E-state index contributed by atoms with van der Waals surface area (Å²) in [5.41, 5.74) is 12.9. The first-order valence-corrected chi connectivity index (χ1v) is 36.6. The monoisotopic (exact) mass is 1360 g/mol. The summed E-state index contributed by atoms with van der Waals surface area (Å²) in [7, 11) is 0. The van der Waals surface area contributed by atoms with E-state index in [9.17, 15) is 29.1 Å². The van der Waals surface area contributed by atoms with Crippen LogP contribution in [0.15, 0.2) is 137 Å². The molecule has 6 atom stereocenters. The molecule has 1 aromatic heterocycles. The second-order valence-corrected chi connectivity index (χ2v) is 30.6. The van der Waals surface area contributed by atoms with E-state index in [-0.39, 0.29) is 66.8 Å². The number of likely N-dealkylation sites (tertiary alicyclic amines) is 1. The fraction of sp³-hybridized carbons (Fsp3) is 0.481. The molecule has 512 valence electrons. The molecule has 4 amide bonds. The van der Waals surface area contributed by atoms with Gasteiger partial charge in [0.2, 0.25) is 17.7 Å². The molecular weight excluding hydrogens is 1260 g/mol. The number of carbonyl (C=O) groups excluding carboxylic acids is 5. The number of aliphatic hydroxyl groups is 1. The summed E-state index contributed by atoms with van der Waals surface area (Å²) in [6, 6.07) is 39.2. The first kappa shape index (κ1) is 71.9. The van der Waals surface area contributed by atoms with Gasteiger partial charge in [-0.2, -0.15) is 0 Å². The van der Waals surface area contributed by atoms with Crippen LogP contribution in [0.4, 0.5) is 11.4 Å². The van der Waals surface area contributed by atoms with Crippen LogP contribution in [0.3, 0.4) is 0 Å². The maximum Gasteiger partial charge on any atom is 0.251 e. The number of ketones is 1. The lowest BCUT2D eigenvalue weighted by molar-refractivity contribution is -0.144. The molecule has 5 N–H and O–H groups in total. The van der Waals surface area contributed by atoms with Gasteiger partial charge < -0.3 is 40.9 Å². The topological polar surface area (TPSA) is 189 Å². The van der Waals surface area contributed by atoms with Crippen molar-refractivity contribution in [2.75, 3.05) is 88.1 Å². The zero-order valence-electron chi connectivity index (χ0n) is 57.1. The molecule has 5 aromatic carbocycles. The minimum atomic E-state index is -0.961. The number of halogens is 1. The van der Waals surface area contributed by atoms with E-state index in [0.717, 1.165) is 148 Å². The summed E-state index contributed by atoms with van der Waals surface area (Å²) in [4.78, 5) is 84.7. The summed E-state index contributed by atoms with van der Waals surface area (Å²) >= 11 is 9.86. The number of piperazine rings is 1. The average Bonchev–Trinajstić information content (AvgIpc) is 1.40. The Hall–Kier alpha value is -6.90. The molecule has 19 heteroatoms. The molecule has 3 aliphatic heterocycles. The third kappa shape index (κ3) is 19.9. The van der Waals surface area contributed by atoms with Gasteiger partial charge in [-0.25, -0.2) is 4.98 Å². The quantitative estimate of drug-likeness (QED) is 0.0292. The summed E-state index contributed by atoms with van der Waals surface area (Å²) in [6.07, 6.45) is 4.78. The normalized spacial score (nSPS) is 19.8. The van der Waals surface area contributed by atoms with E-state index in [2.05, 4.69) is 128 Å². The molecule has 3 saturated heterocycles. The van der Waals surface area contributed by atoms with Crippen molar-refractivity contribution < 1.29 is 33.8 Å². The Balaban J connectivity index is 0.668. The fourth-order valence-corrected chi connectivity index (χ4v) is 15.7. The van der Waals surface area contributed by atoms with Crippen LogP contribution in [0, 0.1) is 24.7 Å². The van der Waals surface area contributed by atoms with Gasteiger partial charge in [0.05, 0.1) is 41.4 Å². The first-order chi connectivity index (χ1) is 46.1. The largest absolute Gasteiger partial charge is 0.391 e. The van der Waals surface area contributed by atoms with Gasteiger partial charge in [-0.15, -0.1) is 23.1 Å². The Morgan fingerprint density at radius 1 is 0.833 bits per heavy atom. The van der Waals surface area contributed by atoms with E-state index in [1.165, 1.54) is 26.5 Å². The highest BCUT2D eigenvalue weighted by atomic mass is 35.5. The van der Waals surface area contributed by atoms with E-state index in [1.807, 2.05) is 100 Å². The first-order valence-electron chi connectivity index (χ1n) is 34.4. The zero-order valence-corrected chi connectivity index (χ0v) is 59.5. The van der Waals surface area contributed by atoms with E-state index < -0.39 is 29.5 Å². The van der Waals surface area contributed by atoms with Crippen molar-refractivity contribution in [2.24, 2.45) is 10.8 Å². The van der Waals surface area contributed by atoms with Gasteiger partial charge in [0, 0.05) is 130 Å². The lowest BCUT2D eigenvalue weighted by atomic mass is 9.69. The Bertz CT molecular complexity index is 3620. The van der Waals surface area contributed by atoms with Crippen LogP contribution in [-0.4, -0.2) is 156 Å². The molecule has 0 spiro atoms. The van der Waals surface area contributed by atoms with Gasteiger partial charge in [-0.3, -0.25) is 33.8 Å². The van der Waals surface area contributed by atoms with Gasteiger partial charge >= 0.3 is 0 Å². The van der Waals surface area contributed by atoms with Crippen molar-refractivity contribution in [1.82, 2.24) is 35.6 Å². The van der Waals surface area contributed by atoms with Crippen molar-refractivity contribution in [1.29, 1.82) is 0 Å². The van der Waals surface area contributed by atoms with Crippen LogP contribution in [0.1, 0.15) is 143 Å². The predicted molar refractivity (Wildman–Crippen MR) is 389 cm³/mol. The number of aromatic nitrogens is 1. The molecule has 3 fully saturated rings. The highest BCUT2D eigenvalue weighted by Crippen LogP contribution is 2.46. The fourth-order valence-electron chi connectivity index (χ4n) is 13.8. The molecule has 6 aromatic rings. The Labute approximate surface area is 581 Å². The third-order valence-electron chi connectivity index (χ3n) is 19.6. The van der Waals surface area contributed by atoms with Crippen LogP contribution in [0.25, 0.3) is 16.0 Å². The minimum absolute atomic E-state index is 0.0212. The third-order valence-corrected chi connectivity index (χ3v) is 22.0. The highest BCUT2D eigenvalue weighted by molar-refractivity contribution is 7.99. The van der Waals surface area contributed by atoms with Gasteiger partial charge in [0.25, 0.3) is 5.91 Å². The van der Waals surface area contributed by atoms with E-state index in [4.69, 9.17) is 16.3 Å². The van der Waals surface area contributed by atoms with Crippen molar-refractivity contribution in [3.05, 3.63) is 171 Å². The molecule has 96 heavy (non-hydrogen) atoms. The van der Waals surface area contributed by atoms with Crippen LogP contribution in [0.5, 0.6) is 0 Å². The van der Waals surface area contributed by atoms with E-state index in [0.29, 0.717) is 30.0 Å². The van der Waals surface area contributed by atoms with Gasteiger partial charge in [-0.1, -0.05) is 112 Å². The molecule has 1 aliphatic carbocycles. The number of thiazole rings is 1. The lowest BCUT2D eigenvalue weighted by Gasteiger charge is -2.41. The number of morpholine rings is 1. The number of aliphatic hydroxyl groups excluding tert-OH is 1. The van der Waals surface area contributed by atoms with Crippen LogP contribution < -0.4 is 26.2 Å². The maximum absolute atomic E-state index is 14.4. The Morgan fingerprint density at radius 2 is 1.55 bits per heavy atom. The number of nitrogens with one attached hydrogen (secondary N) is 4. The minimum Gasteiger partial charge on any atom is -0.391 e. The molecule has 10 rings (SSSR count). The molecule has 4 heterocycles. The number of allylic oxidation sites excluding steroid dienone is 1. The summed E-state index contributed by atoms with van der Waals surface area (Å²) in [5.74, 6) is -0.156. The SMILES string of the molecule is Cc1cc(CNC(=O)c2ccc(N3CCN(CC4=C(c5ccc(Cl)cc5)CCC(C)(CCC(=O)CCCC(=O)N[C@H](C(=O)N5C[C@H](O)C[C@H]5C(=O)N[C@@H](C)c5ccc(-c6scnc6C)cc5)C(C)(C)C)C4)CC3)cc2)ccc1N[C@H](CCN1CCOCC1)CSc1ccccc1. The van der Waals surface area contributed by atoms with Crippen molar-refractivity contribution >= 4 is 81.1 Å². The highest BCUT2D eigenvalue weighted by Gasteiger charge is 2.45. The van der Waals surface area contributed by atoms with Crippen LogP contribution in [0.2, 0.25) is 5.02 Å².